The molecule has 1 heteroatoms. The van der Waals surface area contributed by atoms with E-state index in [0.29, 0.717) is 6.10 Å². The number of unbranched alkanes of at least 4 members (excludes halogenated alkanes) is 6. The Labute approximate surface area is 170 Å². The maximum atomic E-state index is 6.32. The summed E-state index contributed by atoms with van der Waals surface area (Å²) in [7, 11) is 0. The van der Waals surface area contributed by atoms with Crippen LogP contribution in [-0.2, 0) is 4.74 Å². The number of ether oxygens (including phenoxy) is 1. The van der Waals surface area contributed by atoms with Gasteiger partial charge in [0.15, 0.2) is 0 Å². The summed E-state index contributed by atoms with van der Waals surface area (Å²) >= 11 is 0. The van der Waals surface area contributed by atoms with E-state index >= 15 is 0 Å². The fourth-order valence-electron chi connectivity index (χ4n) is 6.90. The van der Waals surface area contributed by atoms with Crippen molar-refractivity contribution in [2.24, 2.45) is 29.6 Å². The van der Waals surface area contributed by atoms with Gasteiger partial charge in [-0.2, -0.15) is 0 Å². The monoisotopic (exact) mass is 376 g/mol. The summed E-state index contributed by atoms with van der Waals surface area (Å²) in [5.74, 6) is 5.30. The van der Waals surface area contributed by atoms with E-state index in [9.17, 15) is 0 Å². The van der Waals surface area contributed by atoms with Crippen LogP contribution in [-0.4, -0.2) is 12.7 Å². The Bertz CT molecular complexity index is 392. The van der Waals surface area contributed by atoms with Crippen molar-refractivity contribution in [2.75, 3.05) is 6.61 Å². The van der Waals surface area contributed by atoms with Crippen LogP contribution < -0.4 is 0 Å². The third kappa shape index (κ3) is 6.48. The summed E-state index contributed by atoms with van der Waals surface area (Å²) in [5.41, 5.74) is 0. The molecule has 0 spiro atoms. The minimum Gasteiger partial charge on any atom is -0.378 e. The molecule has 3 aliphatic carbocycles. The first-order valence-corrected chi connectivity index (χ1v) is 12.9. The van der Waals surface area contributed by atoms with E-state index in [-0.39, 0.29) is 0 Å². The van der Waals surface area contributed by atoms with Crippen molar-refractivity contribution in [1.29, 1.82) is 0 Å². The van der Waals surface area contributed by atoms with Crippen LogP contribution in [0.2, 0.25) is 0 Å². The first-order chi connectivity index (χ1) is 13.3. The zero-order valence-corrected chi connectivity index (χ0v) is 18.6. The van der Waals surface area contributed by atoms with Crippen molar-refractivity contribution < 1.29 is 4.74 Å². The molecule has 0 aliphatic heterocycles. The van der Waals surface area contributed by atoms with Gasteiger partial charge in [0.05, 0.1) is 6.10 Å². The molecule has 6 unspecified atom stereocenters. The second-order valence-electron chi connectivity index (χ2n) is 10.3. The van der Waals surface area contributed by atoms with E-state index < -0.39 is 0 Å². The Balaban J connectivity index is 1.36. The van der Waals surface area contributed by atoms with Gasteiger partial charge in [-0.25, -0.2) is 0 Å². The molecule has 6 atom stereocenters. The lowest BCUT2D eigenvalue weighted by Gasteiger charge is -2.50. The minimum atomic E-state index is 0.597. The lowest BCUT2D eigenvalue weighted by atomic mass is 9.56. The molecule has 0 N–H and O–H groups in total. The fourth-order valence-corrected chi connectivity index (χ4v) is 6.90. The Morgan fingerprint density at radius 3 is 2.07 bits per heavy atom. The van der Waals surface area contributed by atoms with Gasteiger partial charge < -0.3 is 4.74 Å². The summed E-state index contributed by atoms with van der Waals surface area (Å²) in [6, 6.07) is 0. The summed E-state index contributed by atoms with van der Waals surface area (Å²) in [4.78, 5) is 0. The molecule has 0 aromatic heterocycles. The van der Waals surface area contributed by atoms with Crippen LogP contribution in [0.15, 0.2) is 0 Å². The quantitative estimate of drug-likeness (QED) is 0.330. The lowest BCUT2D eigenvalue weighted by molar-refractivity contribution is -0.0539. The van der Waals surface area contributed by atoms with Crippen LogP contribution in [0.5, 0.6) is 0 Å². The van der Waals surface area contributed by atoms with Crippen molar-refractivity contribution in [3.63, 3.8) is 0 Å². The van der Waals surface area contributed by atoms with Gasteiger partial charge in [0.25, 0.3) is 0 Å². The molecule has 1 nitrogen and oxygen atoms in total. The predicted molar refractivity (Wildman–Crippen MR) is 117 cm³/mol. The highest BCUT2D eigenvalue weighted by Crippen LogP contribution is 2.53. The molecule has 0 aromatic carbocycles. The van der Waals surface area contributed by atoms with E-state index in [4.69, 9.17) is 4.74 Å². The van der Waals surface area contributed by atoms with E-state index in [1.54, 1.807) is 25.7 Å². The molecule has 158 valence electrons. The van der Waals surface area contributed by atoms with Crippen LogP contribution in [0.3, 0.4) is 0 Å². The average Bonchev–Trinajstić information content (AvgIpc) is 2.70. The van der Waals surface area contributed by atoms with Crippen molar-refractivity contribution in [3.05, 3.63) is 0 Å². The number of hydrogen-bond acceptors (Lipinski definition) is 1. The van der Waals surface area contributed by atoms with Gasteiger partial charge in [0, 0.05) is 6.61 Å². The second kappa shape index (κ2) is 11.8. The van der Waals surface area contributed by atoms with Gasteiger partial charge >= 0.3 is 0 Å². The normalized spacial score (nSPS) is 36.2. The standard InChI is InChI=1S/C26H48O/c1-3-5-7-8-10-18-27-24-15-17-26-23(20-24)14-13-22-19-21(11-9-6-4-2)12-16-25(22)26/h21-26H,3-20H2,1-2H3. The Morgan fingerprint density at radius 1 is 0.630 bits per heavy atom. The summed E-state index contributed by atoms with van der Waals surface area (Å²) in [5, 5.41) is 0. The van der Waals surface area contributed by atoms with Crippen LogP contribution in [0, 0.1) is 29.6 Å². The Hall–Kier alpha value is -0.0400. The second-order valence-corrected chi connectivity index (χ2v) is 10.3. The molecule has 0 radical (unpaired) electrons. The third-order valence-electron chi connectivity index (χ3n) is 8.42. The fraction of sp³-hybridized carbons (Fsp3) is 1.00. The lowest BCUT2D eigenvalue weighted by Crippen LogP contribution is -2.42. The first kappa shape index (κ1) is 21.7. The molecular weight excluding hydrogens is 328 g/mol. The van der Waals surface area contributed by atoms with Gasteiger partial charge in [-0.05, 0) is 81.0 Å². The van der Waals surface area contributed by atoms with Gasteiger partial charge in [-0.1, -0.05) is 71.6 Å². The highest BCUT2D eigenvalue weighted by atomic mass is 16.5. The van der Waals surface area contributed by atoms with Crippen molar-refractivity contribution >= 4 is 0 Å². The maximum Gasteiger partial charge on any atom is 0.0578 e. The molecule has 0 saturated heterocycles. The van der Waals surface area contributed by atoms with Crippen LogP contribution in [0.1, 0.15) is 123 Å². The van der Waals surface area contributed by atoms with Crippen molar-refractivity contribution in [1.82, 2.24) is 0 Å². The van der Waals surface area contributed by atoms with Crippen molar-refractivity contribution in [2.45, 2.75) is 129 Å². The van der Waals surface area contributed by atoms with Crippen LogP contribution >= 0.6 is 0 Å². The molecular formula is C26H48O. The minimum absolute atomic E-state index is 0.597. The number of fused-ring (bicyclic) bond motifs is 3. The zero-order valence-electron chi connectivity index (χ0n) is 18.6. The van der Waals surface area contributed by atoms with Crippen LogP contribution in [0.25, 0.3) is 0 Å². The maximum absolute atomic E-state index is 6.32. The predicted octanol–water partition coefficient (Wildman–Crippen LogP) is 8.16. The van der Waals surface area contributed by atoms with Gasteiger partial charge in [0.1, 0.15) is 0 Å². The Morgan fingerprint density at radius 2 is 1.30 bits per heavy atom. The molecule has 27 heavy (non-hydrogen) atoms. The molecule has 0 bridgehead atoms. The molecule has 3 rings (SSSR count). The highest BCUT2D eigenvalue weighted by Gasteiger charge is 2.44. The van der Waals surface area contributed by atoms with Gasteiger partial charge in [0.2, 0.25) is 0 Å². The largest absolute Gasteiger partial charge is 0.378 e. The molecule has 0 heterocycles. The zero-order chi connectivity index (χ0) is 18.9. The highest BCUT2D eigenvalue weighted by molar-refractivity contribution is 4.94. The molecule has 0 aromatic rings. The number of rotatable bonds is 11. The SMILES string of the molecule is CCCCCCCOC1CCC2C(CCC3CC(CCCCC)CCC32)C1. The summed E-state index contributed by atoms with van der Waals surface area (Å²) < 4.78 is 6.32. The van der Waals surface area contributed by atoms with E-state index in [1.165, 1.54) is 83.5 Å². The Kier molecular flexibility index (Phi) is 9.50. The van der Waals surface area contributed by atoms with E-state index in [0.717, 1.165) is 36.2 Å². The topological polar surface area (TPSA) is 9.23 Å². The molecule has 3 saturated carbocycles. The molecule has 3 aliphatic rings. The van der Waals surface area contributed by atoms with Crippen LogP contribution in [0.4, 0.5) is 0 Å². The third-order valence-corrected chi connectivity index (χ3v) is 8.42. The summed E-state index contributed by atoms with van der Waals surface area (Å²) in [6.45, 7) is 5.66. The first-order valence-electron chi connectivity index (χ1n) is 12.9. The van der Waals surface area contributed by atoms with Crippen molar-refractivity contribution in [3.8, 4) is 0 Å². The summed E-state index contributed by atoms with van der Waals surface area (Å²) in [6.07, 6.45) is 25.2. The van der Waals surface area contributed by atoms with E-state index in [1.807, 2.05) is 0 Å². The molecule has 3 fully saturated rings. The van der Waals surface area contributed by atoms with E-state index in [2.05, 4.69) is 13.8 Å². The van der Waals surface area contributed by atoms with Gasteiger partial charge in [-0.15, -0.1) is 0 Å². The van der Waals surface area contributed by atoms with Gasteiger partial charge in [-0.3, -0.25) is 0 Å². The smallest absolute Gasteiger partial charge is 0.0578 e. The number of hydrogen-bond donors (Lipinski definition) is 0. The average molecular weight is 377 g/mol. The molecule has 0 amide bonds.